The van der Waals surface area contributed by atoms with E-state index < -0.39 is 0 Å². The topological polar surface area (TPSA) is 39.1 Å². The zero-order chi connectivity index (χ0) is 14.5. The van der Waals surface area contributed by atoms with Crippen molar-refractivity contribution in [2.45, 2.75) is 25.9 Å². The molecule has 0 aliphatic heterocycles. The van der Waals surface area contributed by atoms with E-state index in [0.29, 0.717) is 11.3 Å². The number of benzene rings is 1. The van der Waals surface area contributed by atoms with Crippen molar-refractivity contribution in [1.82, 2.24) is 15.1 Å². The van der Waals surface area contributed by atoms with Crippen molar-refractivity contribution in [3.63, 3.8) is 0 Å². The minimum Gasteiger partial charge on any atom is -0.493 e. The molecule has 0 saturated carbocycles. The largest absolute Gasteiger partial charge is 0.493 e. The molecule has 1 N–H and O–H groups in total. The first-order valence-electron chi connectivity index (χ1n) is 6.74. The van der Waals surface area contributed by atoms with Crippen LogP contribution in [-0.4, -0.2) is 23.9 Å². The zero-order valence-corrected chi connectivity index (χ0v) is 12.1. The second kappa shape index (κ2) is 6.52. The first-order chi connectivity index (χ1) is 9.72. The monoisotopic (exact) mass is 277 g/mol. The molecule has 0 aliphatic carbocycles. The predicted octanol–water partition coefficient (Wildman–Crippen LogP) is 2.75. The summed E-state index contributed by atoms with van der Waals surface area (Å²) < 4.78 is 21.3. The Morgan fingerprint density at radius 2 is 2.15 bits per heavy atom. The van der Waals surface area contributed by atoms with Crippen LogP contribution in [0, 0.1) is 5.82 Å². The van der Waals surface area contributed by atoms with E-state index in [1.807, 2.05) is 10.7 Å². The average molecular weight is 277 g/mol. The lowest BCUT2D eigenvalue weighted by Crippen LogP contribution is -2.23. The highest BCUT2D eigenvalue weighted by Gasteiger charge is 2.24. The van der Waals surface area contributed by atoms with Gasteiger partial charge in [0.05, 0.1) is 19.3 Å². The lowest BCUT2D eigenvalue weighted by Gasteiger charge is -2.20. The normalized spacial score (nSPS) is 12.4. The van der Waals surface area contributed by atoms with Gasteiger partial charge in [0.1, 0.15) is 11.5 Å². The van der Waals surface area contributed by atoms with Crippen molar-refractivity contribution in [1.29, 1.82) is 0 Å². The summed E-state index contributed by atoms with van der Waals surface area (Å²) in [4.78, 5) is 0. The van der Waals surface area contributed by atoms with Crippen molar-refractivity contribution >= 4 is 0 Å². The van der Waals surface area contributed by atoms with Crippen molar-refractivity contribution in [2.75, 3.05) is 14.2 Å². The zero-order valence-electron chi connectivity index (χ0n) is 12.1. The molecule has 0 saturated heterocycles. The van der Waals surface area contributed by atoms with Crippen LogP contribution in [0.1, 0.15) is 30.6 Å². The molecule has 0 bridgehead atoms. The lowest BCUT2D eigenvalue weighted by molar-refractivity contribution is 0.399. The highest BCUT2D eigenvalue weighted by atomic mass is 19.1. The minimum absolute atomic E-state index is 0.238. The Morgan fingerprint density at radius 3 is 2.75 bits per heavy atom. The third-order valence-corrected chi connectivity index (χ3v) is 3.28. The number of aromatic nitrogens is 2. The van der Waals surface area contributed by atoms with Gasteiger partial charge in [0.2, 0.25) is 0 Å². The van der Waals surface area contributed by atoms with Crippen LogP contribution < -0.4 is 10.1 Å². The molecule has 0 fully saturated rings. The summed E-state index contributed by atoms with van der Waals surface area (Å²) in [7, 11) is 3.41. The van der Waals surface area contributed by atoms with E-state index in [9.17, 15) is 4.39 Å². The van der Waals surface area contributed by atoms with Crippen molar-refractivity contribution < 1.29 is 9.13 Å². The number of nitrogens with one attached hydrogen (secondary N) is 1. The number of hydrogen-bond acceptors (Lipinski definition) is 3. The first kappa shape index (κ1) is 14.5. The lowest BCUT2D eigenvalue weighted by atomic mass is 10.0. The quantitative estimate of drug-likeness (QED) is 0.882. The Balaban J connectivity index is 2.51. The standard InChI is InChI=1S/C15H20FN3O/c1-4-9-19-15(13(20-3)10-18-19)14(17-2)11-7-5-6-8-12(11)16/h5-8,10,14,17H,4,9H2,1-3H3. The SMILES string of the molecule is CCCn1ncc(OC)c1C(NC)c1ccccc1F. The van der Waals surface area contributed by atoms with E-state index in [1.54, 1.807) is 32.5 Å². The summed E-state index contributed by atoms with van der Waals surface area (Å²) in [6.45, 7) is 2.85. The summed E-state index contributed by atoms with van der Waals surface area (Å²) >= 11 is 0. The number of rotatable bonds is 6. The van der Waals surface area contributed by atoms with Crippen molar-refractivity contribution in [3.8, 4) is 5.75 Å². The Kier molecular flexibility index (Phi) is 4.74. The smallest absolute Gasteiger partial charge is 0.161 e. The van der Waals surface area contributed by atoms with Crippen molar-refractivity contribution in [2.24, 2.45) is 0 Å². The Bertz CT molecular complexity index is 568. The fourth-order valence-electron chi connectivity index (χ4n) is 2.36. The Labute approximate surface area is 118 Å². The van der Waals surface area contributed by atoms with E-state index in [-0.39, 0.29) is 11.9 Å². The second-order valence-corrected chi connectivity index (χ2v) is 4.56. The number of ether oxygens (including phenoxy) is 1. The van der Waals surface area contributed by atoms with Crippen LogP contribution in [-0.2, 0) is 6.54 Å². The van der Waals surface area contributed by atoms with E-state index in [1.165, 1.54) is 6.07 Å². The van der Waals surface area contributed by atoms with Crippen LogP contribution in [0.4, 0.5) is 4.39 Å². The minimum atomic E-state index is -0.291. The van der Waals surface area contributed by atoms with Gasteiger partial charge >= 0.3 is 0 Å². The summed E-state index contributed by atoms with van der Waals surface area (Å²) in [5.74, 6) is 0.430. The molecule has 0 spiro atoms. The van der Waals surface area contributed by atoms with Gasteiger partial charge in [0, 0.05) is 12.1 Å². The third-order valence-electron chi connectivity index (χ3n) is 3.28. The third kappa shape index (κ3) is 2.67. The summed E-state index contributed by atoms with van der Waals surface area (Å²) in [6, 6.07) is 6.47. The molecule has 2 rings (SSSR count). The first-order valence-corrected chi connectivity index (χ1v) is 6.74. The fourth-order valence-corrected chi connectivity index (χ4v) is 2.36. The molecular weight excluding hydrogens is 257 g/mol. The number of aryl methyl sites for hydroxylation is 1. The van der Waals surface area contributed by atoms with Gasteiger partial charge in [-0.2, -0.15) is 5.10 Å². The Hall–Kier alpha value is -1.88. The Morgan fingerprint density at radius 1 is 1.40 bits per heavy atom. The van der Waals surface area contributed by atoms with Crippen molar-refractivity contribution in [3.05, 3.63) is 47.5 Å². The predicted molar refractivity (Wildman–Crippen MR) is 76.4 cm³/mol. The second-order valence-electron chi connectivity index (χ2n) is 4.56. The van der Waals surface area contributed by atoms with Gasteiger partial charge in [0.15, 0.2) is 5.75 Å². The van der Waals surface area contributed by atoms with Crippen LogP contribution in [0.5, 0.6) is 5.75 Å². The van der Waals surface area contributed by atoms with Gasteiger partial charge in [-0.25, -0.2) is 4.39 Å². The van der Waals surface area contributed by atoms with Gasteiger partial charge in [0.25, 0.3) is 0 Å². The molecule has 0 amide bonds. The highest BCUT2D eigenvalue weighted by Crippen LogP contribution is 2.31. The number of nitrogens with zero attached hydrogens (tertiary/aromatic N) is 2. The highest BCUT2D eigenvalue weighted by molar-refractivity contribution is 5.37. The molecule has 0 aliphatic rings. The molecule has 1 aromatic carbocycles. The average Bonchev–Trinajstić information content (AvgIpc) is 2.85. The number of halogens is 1. The molecular formula is C15H20FN3O. The van der Waals surface area contributed by atoms with Crippen LogP contribution in [0.25, 0.3) is 0 Å². The van der Waals surface area contributed by atoms with Crippen LogP contribution in [0.15, 0.2) is 30.5 Å². The summed E-state index contributed by atoms with van der Waals surface area (Å²) in [5, 5.41) is 7.48. The fraction of sp³-hybridized carbons (Fsp3) is 0.400. The van der Waals surface area contributed by atoms with E-state index >= 15 is 0 Å². The van der Waals surface area contributed by atoms with E-state index in [4.69, 9.17) is 4.74 Å². The van der Waals surface area contributed by atoms with Crippen LogP contribution >= 0.6 is 0 Å². The molecule has 1 unspecified atom stereocenters. The molecule has 5 heteroatoms. The van der Waals surface area contributed by atoms with E-state index in [2.05, 4.69) is 17.3 Å². The summed E-state index contributed by atoms with van der Waals surface area (Å²) in [5.41, 5.74) is 1.44. The van der Waals surface area contributed by atoms with Crippen LogP contribution in [0.2, 0.25) is 0 Å². The van der Waals surface area contributed by atoms with Gasteiger partial charge in [-0.1, -0.05) is 25.1 Å². The molecule has 0 radical (unpaired) electrons. The molecule has 1 heterocycles. The van der Waals surface area contributed by atoms with Gasteiger partial charge in [-0.15, -0.1) is 0 Å². The van der Waals surface area contributed by atoms with Gasteiger partial charge in [-0.3, -0.25) is 4.68 Å². The van der Waals surface area contributed by atoms with Gasteiger partial charge < -0.3 is 10.1 Å². The number of methoxy groups -OCH3 is 1. The molecule has 20 heavy (non-hydrogen) atoms. The molecule has 4 nitrogen and oxygen atoms in total. The maximum Gasteiger partial charge on any atom is 0.161 e. The molecule has 1 aromatic heterocycles. The van der Waals surface area contributed by atoms with E-state index in [0.717, 1.165) is 18.7 Å². The molecule has 2 aromatic rings. The van der Waals surface area contributed by atoms with Gasteiger partial charge in [-0.05, 0) is 19.5 Å². The van der Waals surface area contributed by atoms with Crippen LogP contribution in [0.3, 0.4) is 0 Å². The number of hydrogen-bond donors (Lipinski definition) is 1. The maximum atomic E-state index is 14.1. The summed E-state index contributed by atoms with van der Waals surface area (Å²) in [6.07, 6.45) is 2.63. The molecule has 1 atom stereocenters. The maximum absolute atomic E-state index is 14.1. The molecule has 108 valence electrons.